The normalized spacial score (nSPS) is 18.4. The number of hydrogen-bond donors (Lipinski definition) is 3. The zero-order chi connectivity index (χ0) is 21.0. The van der Waals surface area contributed by atoms with Crippen molar-refractivity contribution in [1.82, 2.24) is 14.6 Å². The highest BCUT2D eigenvalue weighted by molar-refractivity contribution is 5.76. The second kappa shape index (κ2) is 8.77. The molecule has 2 heterocycles. The highest BCUT2D eigenvalue weighted by Gasteiger charge is 2.44. The molecule has 2 aromatic heterocycles. The van der Waals surface area contributed by atoms with Gasteiger partial charge in [-0.15, -0.1) is 5.10 Å². The maximum Gasteiger partial charge on any atom is 0.244 e. The molecule has 5 N–H and O–H groups in total. The number of ether oxygens (including phenoxy) is 1. The number of methoxy groups -OCH3 is 1. The summed E-state index contributed by atoms with van der Waals surface area (Å²) in [5, 5.41) is 8.19. The Morgan fingerprint density at radius 3 is 2.73 bits per heavy atom. The first kappa shape index (κ1) is 20.3. The Bertz CT molecular complexity index is 957. The summed E-state index contributed by atoms with van der Waals surface area (Å²) in [6, 6.07) is 2.47. The Morgan fingerprint density at radius 1 is 1.27 bits per heavy atom. The molecule has 8 nitrogen and oxygen atoms in total. The van der Waals surface area contributed by atoms with Gasteiger partial charge in [0.25, 0.3) is 0 Å². The molecular weight excluding hydrogens is 378 g/mol. The van der Waals surface area contributed by atoms with E-state index in [1.165, 1.54) is 38.5 Å². The van der Waals surface area contributed by atoms with Crippen LogP contribution < -0.4 is 21.5 Å². The summed E-state index contributed by atoms with van der Waals surface area (Å²) < 4.78 is 7.43. The van der Waals surface area contributed by atoms with Crippen LogP contribution in [0.15, 0.2) is 35.6 Å². The number of nitrogens with two attached hydrogens (primary N) is 2. The van der Waals surface area contributed by atoms with E-state index < -0.39 is 0 Å². The van der Waals surface area contributed by atoms with Gasteiger partial charge in [-0.2, -0.15) is 4.98 Å². The van der Waals surface area contributed by atoms with Crippen molar-refractivity contribution in [3.63, 3.8) is 0 Å². The van der Waals surface area contributed by atoms with Crippen LogP contribution in [0.3, 0.4) is 0 Å². The molecule has 0 unspecified atom stereocenters. The number of nitrogens with zero attached hydrogens (tertiary/aromatic N) is 4. The van der Waals surface area contributed by atoms with Gasteiger partial charge < -0.3 is 21.5 Å². The molecular formula is C22H31N7O. The van der Waals surface area contributed by atoms with Gasteiger partial charge in [0.2, 0.25) is 11.8 Å². The van der Waals surface area contributed by atoms with Crippen LogP contribution in [0.4, 0.5) is 5.95 Å². The minimum atomic E-state index is 0.0679. The maximum absolute atomic E-state index is 5.59. The first-order valence-electron chi connectivity index (χ1n) is 10.7. The lowest BCUT2D eigenvalue weighted by atomic mass is 9.83. The van der Waals surface area contributed by atoms with Crippen molar-refractivity contribution >= 4 is 23.5 Å². The molecule has 1 spiro atoms. The minimum absolute atomic E-state index is 0.0679. The maximum atomic E-state index is 5.59. The van der Waals surface area contributed by atoms with Crippen molar-refractivity contribution < 1.29 is 4.74 Å². The van der Waals surface area contributed by atoms with Gasteiger partial charge in [0.05, 0.1) is 7.11 Å². The molecule has 30 heavy (non-hydrogen) atoms. The molecule has 2 fully saturated rings. The monoisotopic (exact) mass is 409 g/mol. The molecule has 2 aromatic rings. The molecule has 0 radical (unpaired) electrons. The predicted molar refractivity (Wildman–Crippen MR) is 120 cm³/mol. The van der Waals surface area contributed by atoms with Gasteiger partial charge in [-0.25, -0.2) is 9.51 Å². The SMILES string of the molecule is COc1nc(NC2CCC3(CC2)CC3)nn2ccc(/C=C/CC/C=C\N=C(N)N)c12. The average Bonchev–Trinajstić information content (AvgIpc) is 3.37. The zero-order valence-electron chi connectivity index (χ0n) is 17.6. The molecule has 0 aliphatic heterocycles. The number of anilines is 1. The highest BCUT2D eigenvalue weighted by Crippen LogP contribution is 2.56. The van der Waals surface area contributed by atoms with E-state index in [0.717, 1.165) is 23.9 Å². The zero-order valence-corrected chi connectivity index (χ0v) is 17.6. The van der Waals surface area contributed by atoms with E-state index in [1.54, 1.807) is 13.3 Å². The van der Waals surface area contributed by atoms with Crippen molar-refractivity contribution in [2.75, 3.05) is 12.4 Å². The smallest absolute Gasteiger partial charge is 0.244 e. The molecule has 0 atom stereocenters. The van der Waals surface area contributed by atoms with Crippen LogP contribution >= 0.6 is 0 Å². The fourth-order valence-corrected chi connectivity index (χ4v) is 4.20. The average molecular weight is 410 g/mol. The van der Waals surface area contributed by atoms with Crippen LogP contribution in [0, 0.1) is 5.41 Å². The molecule has 160 valence electrons. The largest absolute Gasteiger partial charge is 0.479 e. The summed E-state index contributed by atoms with van der Waals surface area (Å²) in [4.78, 5) is 8.46. The summed E-state index contributed by atoms with van der Waals surface area (Å²) in [6.07, 6.45) is 19.3. The van der Waals surface area contributed by atoms with Gasteiger partial charge in [0.15, 0.2) is 5.96 Å². The topological polar surface area (TPSA) is 116 Å². The van der Waals surface area contributed by atoms with E-state index in [-0.39, 0.29) is 5.96 Å². The first-order chi connectivity index (χ1) is 14.6. The second-order valence-electron chi connectivity index (χ2n) is 8.35. The van der Waals surface area contributed by atoms with Crippen LogP contribution in [0.1, 0.15) is 56.9 Å². The Balaban J connectivity index is 1.41. The number of hydrogen-bond acceptors (Lipinski definition) is 5. The number of aromatic nitrogens is 3. The Hall–Kier alpha value is -3.03. The third kappa shape index (κ3) is 4.75. The number of nitrogens with one attached hydrogen (secondary N) is 1. The summed E-state index contributed by atoms with van der Waals surface area (Å²) >= 11 is 0. The minimum Gasteiger partial charge on any atom is -0.479 e. The van der Waals surface area contributed by atoms with Crippen molar-refractivity contribution in [2.45, 2.75) is 57.4 Å². The summed E-state index contributed by atoms with van der Waals surface area (Å²) in [7, 11) is 1.65. The standard InChI is InChI=1S/C22H31N7O/c1-30-19-18-16(6-4-2-3-5-14-25-20(23)24)9-15-29(18)28-21(27-19)26-17-7-10-22(11-8-17)12-13-22/h4-6,9,14-15,17H,2-3,7-8,10-13H2,1H3,(H,26,28)(H4,23,24,25)/b6-4+,14-5-. The van der Waals surface area contributed by atoms with Gasteiger partial charge in [-0.1, -0.05) is 18.2 Å². The fraction of sp³-hybridized carbons (Fsp3) is 0.500. The third-order valence-electron chi connectivity index (χ3n) is 6.17. The molecule has 0 amide bonds. The van der Waals surface area contributed by atoms with Crippen molar-refractivity contribution in [2.24, 2.45) is 21.9 Å². The molecule has 0 saturated heterocycles. The third-order valence-corrected chi connectivity index (χ3v) is 6.17. The van der Waals surface area contributed by atoms with Gasteiger partial charge in [0, 0.05) is 24.0 Å². The lowest BCUT2D eigenvalue weighted by Crippen LogP contribution is -2.28. The van der Waals surface area contributed by atoms with E-state index in [9.17, 15) is 0 Å². The van der Waals surface area contributed by atoms with Crippen molar-refractivity contribution in [3.05, 3.63) is 36.2 Å². The summed E-state index contributed by atoms with van der Waals surface area (Å²) in [5.74, 6) is 1.28. The Labute approximate surface area is 177 Å². The predicted octanol–water partition coefficient (Wildman–Crippen LogP) is 3.45. The fourth-order valence-electron chi connectivity index (χ4n) is 4.20. The van der Waals surface area contributed by atoms with Gasteiger partial charge >= 0.3 is 0 Å². The Morgan fingerprint density at radius 2 is 2.03 bits per heavy atom. The summed E-state index contributed by atoms with van der Waals surface area (Å²) in [6.45, 7) is 0. The molecule has 2 aliphatic rings. The lowest BCUT2D eigenvalue weighted by Gasteiger charge is -2.29. The number of guanidine groups is 1. The van der Waals surface area contributed by atoms with Gasteiger partial charge in [0.1, 0.15) is 5.52 Å². The highest BCUT2D eigenvalue weighted by atomic mass is 16.5. The first-order valence-corrected chi connectivity index (χ1v) is 10.7. The quantitative estimate of drug-likeness (QED) is 0.349. The van der Waals surface area contributed by atoms with Gasteiger partial charge in [-0.3, -0.25) is 0 Å². The molecule has 8 heteroatoms. The Kier molecular flexibility index (Phi) is 5.92. The van der Waals surface area contributed by atoms with Gasteiger partial charge in [-0.05, 0) is 62.8 Å². The molecule has 2 aliphatic carbocycles. The molecule has 2 saturated carbocycles. The van der Waals surface area contributed by atoms with Crippen LogP contribution in [0.2, 0.25) is 0 Å². The van der Waals surface area contributed by atoms with Crippen molar-refractivity contribution in [1.29, 1.82) is 0 Å². The summed E-state index contributed by atoms with van der Waals surface area (Å²) in [5.41, 5.74) is 13.2. The van der Waals surface area contributed by atoms with Crippen LogP contribution in [-0.2, 0) is 0 Å². The number of allylic oxidation sites excluding steroid dienone is 2. The second-order valence-corrected chi connectivity index (χ2v) is 8.35. The lowest BCUT2D eigenvalue weighted by molar-refractivity contribution is 0.316. The number of rotatable bonds is 8. The molecule has 0 aromatic carbocycles. The van der Waals surface area contributed by atoms with E-state index >= 15 is 0 Å². The van der Waals surface area contributed by atoms with Crippen molar-refractivity contribution in [3.8, 4) is 5.88 Å². The van der Waals surface area contributed by atoms with Crippen LogP contribution in [-0.4, -0.2) is 33.7 Å². The number of aliphatic imine (C=N–C) groups is 1. The molecule has 0 bridgehead atoms. The number of fused-ring (bicyclic) bond motifs is 1. The van der Waals surface area contributed by atoms with E-state index in [4.69, 9.17) is 16.2 Å². The number of unbranched alkanes of at least 4 members (excludes halogenated alkanes) is 1. The van der Waals surface area contributed by atoms with E-state index in [2.05, 4.69) is 32.5 Å². The van der Waals surface area contributed by atoms with E-state index in [0.29, 0.717) is 23.3 Å². The molecule has 4 rings (SSSR count). The van der Waals surface area contributed by atoms with Crippen LogP contribution in [0.5, 0.6) is 5.88 Å². The van der Waals surface area contributed by atoms with E-state index in [1.807, 2.05) is 22.9 Å². The van der Waals surface area contributed by atoms with Crippen LogP contribution in [0.25, 0.3) is 11.6 Å².